The van der Waals surface area contributed by atoms with Crippen LogP contribution in [0.1, 0.15) is 15.2 Å². The molecule has 116 valence electrons. The minimum atomic E-state index is -0.473. The number of aromatic hydroxyl groups is 1. The predicted molar refractivity (Wildman–Crippen MR) is 94.9 cm³/mol. The summed E-state index contributed by atoms with van der Waals surface area (Å²) in [5.74, 6) is -0.773. The number of amides is 2. The van der Waals surface area contributed by atoms with Gasteiger partial charge < -0.3 is 5.11 Å². The van der Waals surface area contributed by atoms with Crippen LogP contribution < -0.4 is 5.43 Å². The molecule has 23 heavy (non-hydrogen) atoms. The number of phenols is 1. The van der Waals surface area contributed by atoms with Crippen LogP contribution in [0.5, 0.6) is 5.75 Å². The second-order valence-corrected chi connectivity index (χ2v) is 7.18. The van der Waals surface area contributed by atoms with Gasteiger partial charge in [0, 0.05) is 10.4 Å². The molecule has 0 bridgehead atoms. The number of nitrogens with one attached hydrogen (secondary N) is 1. The molecule has 2 heterocycles. The first-order valence-corrected chi connectivity index (χ1v) is 8.56. The van der Waals surface area contributed by atoms with Crippen molar-refractivity contribution >= 4 is 57.5 Å². The summed E-state index contributed by atoms with van der Waals surface area (Å²) in [5.41, 5.74) is 2.81. The first kappa shape index (κ1) is 15.7. The maximum Gasteiger partial charge on any atom is 0.285 e. The van der Waals surface area contributed by atoms with Gasteiger partial charge in [-0.1, -0.05) is 17.8 Å². The Labute approximate surface area is 145 Å². The lowest BCUT2D eigenvalue weighted by atomic mass is 10.2. The Balaban J connectivity index is 1.75. The van der Waals surface area contributed by atoms with Crippen molar-refractivity contribution in [2.24, 2.45) is 0 Å². The van der Waals surface area contributed by atoms with E-state index in [0.29, 0.717) is 10.5 Å². The zero-order valence-electron chi connectivity index (χ0n) is 11.6. The van der Waals surface area contributed by atoms with Crippen LogP contribution in [0.15, 0.2) is 46.7 Å². The van der Waals surface area contributed by atoms with Crippen LogP contribution in [0.4, 0.5) is 0 Å². The van der Waals surface area contributed by atoms with Crippen LogP contribution >= 0.6 is 35.3 Å². The summed E-state index contributed by atoms with van der Waals surface area (Å²) in [6.07, 6.45) is 1.75. The molecule has 5 nitrogen and oxygen atoms in total. The molecule has 1 aliphatic heterocycles. The third kappa shape index (κ3) is 3.44. The van der Waals surface area contributed by atoms with Crippen LogP contribution in [0.2, 0.25) is 0 Å². The molecule has 1 aliphatic rings. The third-order valence-electron chi connectivity index (χ3n) is 2.95. The summed E-state index contributed by atoms with van der Waals surface area (Å²) in [6.45, 7) is 0. The highest BCUT2D eigenvalue weighted by Gasteiger charge is 2.33. The Morgan fingerprint density at radius 3 is 2.65 bits per heavy atom. The first-order chi connectivity index (χ1) is 11.0. The van der Waals surface area contributed by atoms with E-state index in [2.05, 4.69) is 5.43 Å². The quantitative estimate of drug-likeness (QED) is 0.649. The molecule has 0 unspecified atom stereocenters. The topological polar surface area (TPSA) is 69.6 Å². The summed E-state index contributed by atoms with van der Waals surface area (Å²) in [5, 5.41) is 12.2. The van der Waals surface area contributed by atoms with Crippen molar-refractivity contribution in [2.45, 2.75) is 0 Å². The first-order valence-electron chi connectivity index (χ1n) is 6.46. The number of thiocarbonyl (C=S) groups is 1. The van der Waals surface area contributed by atoms with E-state index in [1.807, 2.05) is 17.5 Å². The van der Waals surface area contributed by atoms with Crippen molar-refractivity contribution in [3.05, 3.63) is 57.1 Å². The van der Waals surface area contributed by atoms with Crippen molar-refractivity contribution < 1.29 is 14.7 Å². The van der Waals surface area contributed by atoms with Crippen LogP contribution in [0, 0.1) is 0 Å². The van der Waals surface area contributed by atoms with E-state index in [0.717, 1.165) is 21.6 Å². The fraction of sp³-hybridized carbons (Fsp3) is 0. The predicted octanol–water partition coefficient (Wildman–Crippen LogP) is 3.00. The Hall–Kier alpha value is -2.16. The van der Waals surface area contributed by atoms with Gasteiger partial charge in [0.1, 0.15) is 5.75 Å². The van der Waals surface area contributed by atoms with Crippen molar-refractivity contribution in [3.63, 3.8) is 0 Å². The van der Waals surface area contributed by atoms with Gasteiger partial charge in [-0.2, -0.15) is 5.01 Å². The number of carbonyl (C=O) groups is 2. The molecular weight excluding hydrogens is 352 g/mol. The zero-order valence-corrected chi connectivity index (χ0v) is 14.0. The maximum absolute atomic E-state index is 12.4. The van der Waals surface area contributed by atoms with Crippen molar-refractivity contribution in [2.75, 3.05) is 0 Å². The highest BCUT2D eigenvalue weighted by Crippen LogP contribution is 2.32. The number of thioether (sulfide) groups is 1. The van der Waals surface area contributed by atoms with Crippen LogP contribution in [-0.2, 0) is 4.79 Å². The number of hydrogen-bond acceptors (Lipinski definition) is 6. The Morgan fingerprint density at radius 2 is 2.00 bits per heavy atom. The van der Waals surface area contributed by atoms with Gasteiger partial charge in [0.2, 0.25) is 0 Å². The number of phenolic OH excluding ortho intramolecular Hbond substituents is 1. The van der Waals surface area contributed by atoms with Crippen LogP contribution in [-0.4, -0.2) is 26.3 Å². The summed E-state index contributed by atoms with van der Waals surface area (Å²) in [7, 11) is 0. The van der Waals surface area contributed by atoms with Crippen molar-refractivity contribution in [1.82, 2.24) is 10.4 Å². The molecule has 0 radical (unpaired) electrons. The van der Waals surface area contributed by atoms with Gasteiger partial charge in [0.15, 0.2) is 4.32 Å². The molecule has 2 aromatic rings. The van der Waals surface area contributed by atoms with E-state index in [-0.39, 0.29) is 16.0 Å². The van der Waals surface area contributed by atoms with E-state index >= 15 is 0 Å². The van der Waals surface area contributed by atoms with E-state index in [1.54, 1.807) is 6.08 Å². The summed E-state index contributed by atoms with van der Waals surface area (Å²) in [6, 6.07) is 9.51. The van der Waals surface area contributed by atoms with Gasteiger partial charge in [-0.15, -0.1) is 11.3 Å². The van der Waals surface area contributed by atoms with Gasteiger partial charge in [-0.25, -0.2) is 0 Å². The molecule has 0 saturated carbocycles. The lowest BCUT2D eigenvalue weighted by molar-refractivity contribution is -0.123. The summed E-state index contributed by atoms with van der Waals surface area (Å²) in [4.78, 5) is 25.9. The molecule has 1 fully saturated rings. The van der Waals surface area contributed by atoms with Crippen LogP contribution in [0.25, 0.3) is 6.08 Å². The average molecular weight is 362 g/mol. The molecule has 3 rings (SSSR count). The molecule has 0 atom stereocenters. The molecule has 0 spiro atoms. The Morgan fingerprint density at radius 1 is 1.26 bits per heavy atom. The van der Waals surface area contributed by atoms with Gasteiger partial charge in [0.05, 0.1) is 4.91 Å². The number of benzene rings is 1. The molecule has 1 saturated heterocycles. The Bertz CT molecular complexity index is 798. The highest BCUT2D eigenvalue weighted by atomic mass is 32.2. The number of thiophene rings is 1. The molecule has 8 heteroatoms. The largest absolute Gasteiger partial charge is 0.508 e. The van der Waals surface area contributed by atoms with Gasteiger partial charge >= 0.3 is 0 Å². The van der Waals surface area contributed by atoms with Gasteiger partial charge in [-0.05, 0) is 54.0 Å². The van der Waals surface area contributed by atoms with E-state index in [4.69, 9.17) is 12.2 Å². The van der Waals surface area contributed by atoms with Gasteiger partial charge in [0.25, 0.3) is 11.8 Å². The number of hydrazine groups is 1. The monoisotopic (exact) mass is 362 g/mol. The summed E-state index contributed by atoms with van der Waals surface area (Å²) < 4.78 is 0.268. The van der Waals surface area contributed by atoms with E-state index < -0.39 is 5.91 Å². The average Bonchev–Trinajstić information content (AvgIpc) is 3.12. The fourth-order valence-electron chi connectivity index (χ4n) is 1.85. The SMILES string of the molecule is O=C(NN1C(=O)/C(=C\c2cccs2)SC1=S)c1ccc(O)cc1. The maximum atomic E-state index is 12.4. The van der Waals surface area contributed by atoms with E-state index in [1.165, 1.54) is 35.6 Å². The Kier molecular flexibility index (Phi) is 4.46. The van der Waals surface area contributed by atoms with E-state index in [9.17, 15) is 14.7 Å². The number of hydrogen-bond donors (Lipinski definition) is 2. The highest BCUT2D eigenvalue weighted by molar-refractivity contribution is 8.26. The minimum absolute atomic E-state index is 0.0612. The molecule has 0 aliphatic carbocycles. The molecule has 1 aromatic carbocycles. The minimum Gasteiger partial charge on any atom is -0.508 e. The van der Waals surface area contributed by atoms with Crippen molar-refractivity contribution in [1.29, 1.82) is 0 Å². The number of carbonyl (C=O) groups excluding carboxylic acids is 2. The number of nitrogens with zero attached hydrogens (tertiary/aromatic N) is 1. The molecule has 1 aromatic heterocycles. The standard InChI is InChI=1S/C15H10N2O3S3/c18-10-5-3-9(4-6-10)13(19)16-17-14(20)12(23-15(17)21)8-11-2-1-7-22-11/h1-8,18H,(H,16,19)/b12-8+. The second-order valence-electron chi connectivity index (χ2n) is 4.52. The van der Waals surface area contributed by atoms with Gasteiger partial charge in [-0.3, -0.25) is 15.0 Å². The second kappa shape index (κ2) is 6.53. The zero-order chi connectivity index (χ0) is 16.4. The molecule has 2 amide bonds. The summed E-state index contributed by atoms with van der Waals surface area (Å²) >= 11 is 7.81. The van der Waals surface area contributed by atoms with Crippen LogP contribution in [0.3, 0.4) is 0 Å². The third-order valence-corrected chi connectivity index (χ3v) is 5.07. The smallest absolute Gasteiger partial charge is 0.285 e. The fourth-order valence-corrected chi connectivity index (χ4v) is 3.75. The molecule has 2 N–H and O–H groups in total. The number of rotatable bonds is 3. The lowest BCUT2D eigenvalue weighted by Gasteiger charge is -2.15. The van der Waals surface area contributed by atoms with Crippen molar-refractivity contribution in [3.8, 4) is 5.75 Å². The lowest BCUT2D eigenvalue weighted by Crippen LogP contribution is -2.44. The molecular formula is C15H10N2O3S3. The normalized spacial score (nSPS) is 16.2.